The van der Waals surface area contributed by atoms with Gasteiger partial charge in [0.25, 0.3) is 0 Å². The lowest BCUT2D eigenvalue weighted by molar-refractivity contribution is -0.137. The van der Waals surface area contributed by atoms with Crippen LogP contribution in [0.2, 0.25) is 0 Å². The van der Waals surface area contributed by atoms with Crippen molar-refractivity contribution in [3.8, 4) is 5.75 Å². The molecule has 0 bridgehead atoms. The molecule has 1 saturated heterocycles. The summed E-state index contributed by atoms with van der Waals surface area (Å²) in [5, 5.41) is 2.91. The Hall–Kier alpha value is -2.70. The van der Waals surface area contributed by atoms with Gasteiger partial charge in [0.05, 0.1) is 17.9 Å². The number of amides is 2. The fourth-order valence-corrected chi connectivity index (χ4v) is 3.55. The number of nitrogens with zero attached hydrogens (tertiary/aromatic N) is 1. The van der Waals surface area contributed by atoms with E-state index in [-0.39, 0.29) is 6.03 Å². The van der Waals surface area contributed by atoms with Gasteiger partial charge in [0.15, 0.2) is 0 Å². The van der Waals surface area contributed by atoms with Crippen LogP contribution >= 0.6 is 0 Å². The number of nitrogens with one attached hydrogen (secondary N) is 1. The van der Waals surface area contributed by atoms with Crippen LogP contribution < -0.4 is 10.1 Å². The number of halogens is 3. The van der Waals surface area contributed by atoms with E-state index in [0.29, 0.717) is 37.1 Å². The van der Waals surface area contributed by atoms with E-state index in [0.717, 1.165) is 37.0 Å². The Morgan fingerprint density at radius 3 is 2.38 bits per heavy atom. The summed E-state index contributed by atoms with van der Waals surface area (Å²) in [6.45, 7) is 3.64. The maximum Gasteiger partial charge on any atom is 0.416 e. The van der Waals surface area contributed by atoms with Crippen molar-refractivity contribution in [2.24, 2.45) is 5.92 Å². The number of ether oxygens (including phenoxy) is 1. The van der Waals surface area contributed by atoms with Crippen molar-refractivity contribution in [3.05, 3.63) is 59.7 Å². The first-order chi connectivity index (χ1) is 13.9. The Morgan fingerprint density at radius 2 is 1.76 bits per heavy atom. The molecule has 0 unspecified atom stereocenters. The molecule has 0 saturated carbocycles. The van der Waals surface area contributed by atoms with Crippen LogP contribution in [0.4, 0.5) is 23.7 Å². The minimum absolute atomic E-state index is 0.162. The first-order valence-electron chi connectivity index (χ1n) is 9.80. The molecule has 1 fully saturated rings. The quantitative estimate of drug-likeness (QED) is 0.703. The van der Waals surface area contributed by atoms with Gasteiger partial charge in [-0.2, -0.15) is 13.2 Å². The molecule has 2 aromatic carbocycles. The molecule has 156 valence electrons. The molecule has 4 nitrogen and oxygen atoms in total. The number of hydrogen-bond donors (Lipinski definition) is 1. The number of para-hydroxylation sites is 2. The Kier molecular flexibility index (Phi) is 6.67. The molecule has 0 aliphatic carbocycles. The molecule has 0 atom stereocenters. The topological polar surface area (TPSA) is 41.6 Å². The van der Waals surface area contributed by atoms with Crippen LogP contribution in [-0.2, 0) is 12.6 Å². The molecule has 2 aromatic rings. The van der Waals surface area contributed by atoms with Crippen LogP contribution in [0, 0.1) is 5.92 Å². The molecular weight excluding hydrogens is 381 g/mol. The highest BCUT2D eigenvalue weighted by Gasteiger charge is 2.30. The van der Waals surface area contributed by atoms with Crippen LogP contribution in [-0.4, -0.2) is 30.6 Å². The normalized spacial score (nSPS) is 15.2. The summed E-state index contributed by atoms with van der Waals surface area (Å²) in [5.41, 5.74) is 0.915. The van der Waals surface area contributed by atoms with Gasteiger partial charge in [-0.15, -0.1) is 0 Å². The lowest BCUT2D eigenvalue weighted by atomic mass is 9.90. The third-order valence-corrected chi connectivity index (χ3v) is 5.14. The maximum absolute atomic E-state index is 12.7. The molecule has 3 rings (SSSR count). The fourth-order valence-electron chi connectivity index (χ4n) is 3.55. The zero-order valence-electron chi connectivity index (χ0n) is 16.3. The van der Waals surface area contributed by atoms with Crippen LogP contribution in [0.1, 0.15) is 30.9 Å². The second-order valence-electron chi connectivity index (χ2n) is 7.19. The van der Waals surface area contributed by atoms with Gasteiger partial charge < -0.3 is 15.0 Å². The molecule has 0 aromatic heterocycles. The standard InChI is InChI=1S/C22H25F3N2O2/c1-2-29-20-6-4-3-5-19(20)26-21(28)27-13-11-17(12-14-27)15-16-7-9-18(10-8-16)22(23,24)25/h3-10,17H,2,11-15H2,1H3,(H,26,28). The average molecular weight is 406 g/mol. The number of rotatable bonds is 5. The molecule has 7 heteroatoms. The first-order valence-corrected chi connectivity index (χ1v) is 9.80. The monoisotopic (exact) mass is 406 g/mol. The summed E-state index contributed by atoms with van der Waals surface area (Å²) in [6, 6.07) is 12.5. The van der Waals surface area contributed by atoms with Gasteiger partial charge in [0.1, 0.15) is 5.75 Å². The van der Waals surface area contributed by atoms with Crippen molar-refractivity contribution < 1.29 is 22.7 Å². The van der Waals surface area contributed by atoms with E-state index in [1.165, 1.54) is 0 Å². The van der Waals surface area contributed by atoms with Crippen LogP contribution in [0.3, 0.4) is 0 Å². The van der Waals surface area contributed by atoms with E-state index in [1.807, 2.05) is 25.1 Å². The SMILES string of the molecule is CCOc1ccccc1NC(=O)N1CCC(Cc2ccc(C(F)(F)F)cc2)CC1. The minimum atomic E-state index is -4.31. The summed E-state index contributed by atoms with van der Waals surface area (Å²) in [5.74, 6) is 0.993. The highest BCUT2D eigenvalue weighted by molar-refractivity contribution is 5.91. The predicted molar refractivity (Wildman–Crippen MR) is 106 cm³/mol. The first kappa shape index (κ1) is 21.0. The summed E-state index contributed by atoms with van der Waals surface area (Å²) in [4.78, 5) is 14.3. The van der Waals surface area contributed by atoms with Crippen molar-refractivity contribution in [2.75, 3.05) is 25.0 Å². The molecule has 1 aliphatic rings. The maximum atomic E-state index is 12.7. The fraction of sp³-hybridized carbons (Fsp3) is 0.409. The van der Waals surface area contributed by atoms with E-state index >= 15 is 0 Å². The van der Waals surface area contributed by atoms with Crippen molar-refractivity contribution in [1.29, 1.82) is 0 Å². The number of hydrogen-bond acceptors (Lipinski definition) is 2. The van der Waals surface area contributed by atoms with Gasteiger partial charge in [-0.25, -0.2) is 4.79 Å². The van der Waals surface area contributed by atoms with Crippen molar-refractivity contribution in [3.63, 3.8) is 0 Å². The van der Waals surface area contributed by atoms with E-state index < -0.39 is 11.7 Å². The zero-order chi connectivity index (χ0) is 20.9. The number of carbonyl (C=O) groups excluding carboxylic acids is 1. The molecule has 1 heterocycles. The minimum Gasteiger partial charge on any atom is -0.492 e. The van der Waals surface area contributed by atoms with Gasteiger partial charge >= 0.3 is 12.2 Å². The lowest BCUT2D eigenvalue weighted by Gasteiger charge is -2.32. The molecule has 29 heavy (non-hydrogen) atoms. The van der Waals surface area contributed by atoms with E-state index in [9.17, 15) is 18.0 Å². The average Bonchev–Trinajstić information content (AvgIpc) is 2.70. The number of anilines is 1. The second kappa shape index (κ2) is 9.20. The van der Waals surface area contributed by atoms with Crippen molar-refractivity contribution in [2.45, 2.75) is 32.4 Å². The number of likely N-dealkylation sites (tertiary alicyclic amines) is 1. The van der Waals surface area contributed by atoms with Gasteiger partial charge in [0.2, 0.25) is 0 Å². The molecule has 1 aliphatic heterocycles. The largest absolute Gasteiger partial charge is 0.492 e. The second-order valence-corrected chi connectivity index (χ2v) is 7.19. The van der Waals surface area contributed by atoms with Gasteiger partial charge in [-0.05, 0) is 61.9 Å². The van der Waals surface area contributed by atoms with Crippen LogP contribution in [0.5, 0.6) is 5.75 Å². The van der Waals surface area contributed by atoms with E-state index in [2.05, 4.69) is 5.32 Å². The van der Waals surface area contributed by atoms with Gasteiger partial charge in [-0.3, -0.25) is 0 Å². The number of carbonyl (C=O) groups is 1. The van der Waals surface area contributed by atoms with Crippen molar-refractivity contribution >= 4 is 11.7 Å². The summed E-state index contributed by atoms with van der Waals surface area (Å²) >= 11 is 0. The smallest absolute Gasteiger partial charge is 0.416 e. The Bertz CT molecular complexity index is 814. The lowest BCUT2D eigenvalue weighted by Crippen LogP contribution is -2.41. The van der Waals surface area contributed by atoms with Crippen LogP contribution in [0.15, 0.2) is 48.5 Å². The summed E-state index contributed by atoms with van der Waals surface area (Å²) < 4.78 is 43.5. The molecule has 2 amide bonds. The third-order valence-electron chi connectivity index (χ3n) is 5.14. The highest BCUT2D eigenvalue weighted by atomic mass is 19.4. The number of alkyl halides is 3. The van der Waals surface area contributed by atoms with E-state index in [1.54, 1.807) is 23.1 Å². The van der Waals surface area contributed by atoms with E-state index in [4.69, 9.17) is 4.74 Å². The zero-order valence-corrected chi connectivity index (χ0v) is 16.3. The van der Waals surface area contributed by atoms with Crippen molar-refractivity contribution in [1.82, 2.24) is 4.90 Å². The highest BCUT2D eigenvalue weighted by Crippen LogP contribution is 2.30. The molecule has 0 radical (unpaired) electrons. The van der Waals surface area contributed by atoms with Gasteiger partial charge in [0, 0.05) is 13.1 Å². The Balaban J connectivity index is 1.51. The van der Waals surface area contributed by atoms with Gasteiger partial charge in [-0.1, -0.05) is 24.3 Å². The van der Waals surface area contributed by atoms with Crippen LogP contribution in [0.25, 0.3) is 0 Å². The Morgan fingerprint density at radius 1 is 1.10 bits per heavy atom. The summed E-state index contributed by atoms with van der Waals surface area (Å²) in [6.07, 6.45) is -1.94. The number of piperidine rings is 1. The summed E-state index contributed by atoms with van der Waals surface area (Å²) in [7, 11) is 0. The predicted octanol–water partition coefficient (Wildman–Crippen LogP) is 5.59. The molecule has 1 N–H and O–H groups in total. The third kappa shape index (κ3) is 5.65. The number of benzene rings is 2. The Labute approximate surface area is 168 Å². The molecule has 0 spiro atoms. The molecular formula is C22H25F3N2O2. The number of urea groups is 1.